The van der Waals surface area contributed by atoms with Crippen LogP contribution in [0.5, 0.6) is 5.75 Å². The van der Waals surface area contributed by atoms with E-state index < -0.39 is 0 Å². The first-order valence-electron chi connectivity index (χ1n) is 7.55. The van der Waals surface area contributed by atoms with Crippen molar-refractivity contribution in [2.24, 2.45) is 0 Å². The Bertz CT molecular complexity index is 423. The molecule has 0 saturated carbocycles. The summed E-state index contributed by atoms with van der Waals surface area (Å²) in [5, 5.41) is 0. The summed E-state index contributed by atoms with van der Waals surface area (Å²) in [6.07, 6.45) is 9.63. The van der Waals surface area contributed by atoms with Gasteiger partial charge >= 0.3 is 0 Å². The fraction of sp³-hybridized carbons (Fsp3) is 0.500. The Morgan fingerprint density at radius 3 is 2.30 bits per heavy atom. The Morgan fingerprint density at radius 1 is 1.00 bits per heavy atom. The van der Waals surface area contributed by atoms with Gasteiger partial charge in [-0.3, -0.25) is 4.79 Å². The van der Waals surface area contributed by atoms with Crippen molar-refractivity contribution < 1.29 is 9.53 Å². The topological polar surface area (TPSA) is 26.3 Å². The van der Waals surface area contributed by atoms with Gasteiger partial charge in [0.15, 0.2) is 6.29 Å². The van der Waals surface area contributed by atoms with Crippen molar-refractivity contribution in [2.75, 3.05) is 6.61 Å². The Balaban J connectivity index is 2.11. The van der Waals surface area contributed by atoms with E-state index in [0.29, 0.717) is 6.29 Å². The van der Waals surface area contributed by atoms with Crippen LogP contribution in [0.15, 0.2) is 24.3 Å². The van der Waals surface area contributed by atoms with Crippen molar-refractivity contribution in [3.8, 4) is 17.6 Å². The van der Waals surface area contributed by atoms with E-state index in [1.807, 2.05) is 24.3 Å². The van der Waals surface area contributed by atoms with Gasteiger partial charge < -0.3 is 4.74 Å². The largest absolute Gasteiger partial charge is 0.494 e. The molecular formula is C18H24O2. The molecule has 0 atom stereocenters. The summed E-state index contributed by atoms with van der Waals surface area (Å²) in [5.41, 5.74) is 0.834. The van der Waals surface area contributed by atoms with E-state index in [0.717, 1.165) is 24.3 Å². The zero-order chi connectivity index (χ0) is 14.5. The maximum Gasteiger partial charge on any atom is 0.193 e. The third kappa shape index (κ3) is 7.63. The van der Waals surface area contributed by atoms with Crippen LogP contribution in [0.25, 0.3) is 0 Å². The Labute approximate surface area is 122 Å². The highest BCUT2D eigenvalue weighted by atomic mass is 16.5. The summed E-state index contributed by atoms with van der Waals surface area (Å²) >= 11 is 0. The van der Waals surface area contributed by atoms with Crippen LogP contribution in [0.2, 0.25) is 0 Å². The third-order valence-electron chi connectivity index (χ3n) is 3.15. The van der Waals surface area contributed by atoms with Gasteiger partial charge in [0, 0.05) is 5.56 Å². The lowest BCUT2D eigenvalue weighted by Gasteiger charge is -2.06. The molecule has 0 aromatic heterocycles. The predicted molar refractivity (Wildman–Crippen MR) is 82.9 cm³/mol. The van der Waals surface area contributed by atoms with Crippen LogP contribution in [-0.2, 0) is 4.79 Å². The highest BCUT2D eigenvalue weighted by Crippen LogP contribution is 2.13. The minimum atomic E-state index is 0.602. The molecule has 0 spiro atoms. The average molecular weight is 272 g/mol. The summed E-state index contributed by atoms with van der Waals surface area (Å²) < 4.78 is 5.68. The van der Waals surface area contributed by atoms with Gasteiger partial charge in [0.2, 0.25) is 0 Å². The monoisotopic (exact) mass is 272 g/mol. The van der Waals surface area contributed by atoms with E-state index in [2.05, 4.69) is 18.8 Å². The molecule has 0 fully saturated rings. The van der Waals surface area contributed by atoms with E-state index in [4.69, 9.17) is 4.74 Å². The van der Waals surface area contributed by atoms with Crippen LogP contribution in [0.1, 0.15) is 57.4 Å². The van der Waals surface area contributed by atoms with Gasteiger partial charge in [0.05, 0.1) is 6.61 Å². The fourth-order valence-corrected chi connectivity index (χ4v) is 2.00. The van der Waals surface area contributed by atoms with E-state index in [1.165, 1.54) is 38.5 Å². The van der Waals surface area contributed by atoms with Gasteiger partial charge in [-0.15, -0.1) is 0 Å². The van der Waals surface area contributed by atoms with Gasteiger partial charge in [-0.1, -0.05) is 51.4 Å². The molecule has 0 radical (unpaired) electrons. The number of benzene rings is 1. The molecule has 0 aliphatic rings. The number of hydrogen-bond donors (Lipinski definition) is 0. The minimum absolute atomic E-state index is 0.602. The Morgan fingerprint density at radius 2 is 1.65 bits per heavy atom. The number of aldehydes is 1. The summed E-state index contributed by atoms with van der Waals surface area (Å²) in [4.78, 5) is 10.1. The number of rotatable bonds is 9. The van der Waals surface area contributed by atoms with Gasteiger partial charge in [-0.2, -0.15) is 0 Å². The lowest BCUT2D eigenvalue weighted by Crippen LogP contribution is -1.97. The lowest BCUT2D eigenvalue weighted by atomic mass is 10.1. The molecule has 108 valence electrons. The van der Waals surface area contributed by atoms with Crippen LogP contribution in [0.3, 0.4) is 0 Å². The Hall–Kier alpha value is -1.75. The molecule has 0 saturated heterocycles. The van der Waals surface area contributed by atoms with E-state index >= 15 is 0 Å². The number of unbranched alkanes of at least 4 members (excludes halogenated alkanes) is 6. The fourth-order valence-electron chi connectivity index (χ4n) is 2.00. The van der Waals surface area contributed by atoms with Crippen LogP contribution in [0, 0.1) is 11.8 Å². The quantitative estimate of drug-likeness (QED) is 0.379. The standard InChI is InChI=1S/C18H24O2/c1-2-3-4-5-6-7-8-16-20-18-13-11-17(12-14-18)10-9-15-19/h11-15H,2-8,16H2,1H3. The molecule has 0 amide bonds. The summed E-state index contributed by atoms with van der Waals surface area (Å²) in [5.74, 6) is 6.01. The molecule has 0 aliphatic heterocycles. The zero-order valence-electron chi connectivity index (χ0n) is 12.4. The number of carbonyl (C=O) groups is 1. The van der Waals surface area contributed by atoms with Crippen molar-refractivity contribution in [1.29, 1.82) is 0 Å². The average Bonchev–Trinajstić information content (AvgIpc) is 2.49. The van der Waals surface area contributed by atoms with Crippen LogP contribution < -0.4 is 4.74 Å². The first-order chi connectivity index (χ1) is 9.86. The predicted octanol–water partition coefficient (Wildman–Crippen LogP) is 4.37. The van der Waals surface area contributed by atoms with Crippen molar-refractivity contribution in [2.45, 2.75) is 51.9 Å². The van der Waals surface area contributed by atoms with Gasteiger partial charge in [-0.05, 0) is 36.6 Å². The van der Waals surface area contributed by atoms with E-state index in [1.54, 1.807) is 0 Å². The maximum atomic E-state index is 10.1. The molecule has 0 aliphatic carbocycles. The second-order valence-corrected chi connectivity index (χ2v) is 4.88. The van der Waals surface area contributed by atoms with Crippen LogP contribution >= 0.6 is 0 Å². The first-order valence-corrected chi connectivity index (χ1v) is 7.55. The summed E-state index contributed by atoms with van der Waals surface area (Å²) in [7, 11) is 0. The minimum Gasteiger partial charge on any atom is -0.494 e. The molecule has 2 heteroatoms. The summed E-state index contributed by atoms with van der Waals surface area (Å²) in [6.45, 7) is 3.01. The number of hydrogen-bond acceptors (Lipinski definition) is 2. The van der Waals surface area contributed by atoms with Crippen molar-refractivity contribution in [3.05, 3.63) is 29.8 Å². The van der Waals surface area contributed by atoms with E-state index in [-0.39, 0.29) is 0 Å². The molecule has 0 unspecified atom stereocenters. The van der Waals surface area contributed by atoms with Crippen LogP contribution in [0.4, 0.5) is 0 Å². The second-order valence-electron chi connectivity index (χ2n) is 4.88. The molecular weight excluding hydrogens is 248 g/mol. The molecule has 20 heavy (non-hydrogen) atoms. The summed E-state index contributed by atoms with van der Waals surface area (Å²) in [6, 6.07) is 7.54. The smallest absolute Gasteiger partial charge is 0.193 e. The van der Waals surface area contributed by atoms with Gasteiger partial charge in [0.25, 0.3) is 0 Å². The highest BCUT2D eigenvalue weighted by molar-refractivity contribution is 5.73. The molecule has 1 rings (SSSR count). The zero-order valence-corrected chi connectivity index (χ0v) is 12.4. The normalized spacial score (nSPS) is 9.65. The number of ether oxygens (including phenoxy) is 1. The highest BCUT2D eigenvalue weighted by Gasteiger charge is 1.95. The van der Waals surface area contributed by atoms with Crippen molar-refractivity contribution >= 4 is 6.29 Å². The van der Waals surface area contributed by atoms with Gasteiger partial charge in [-0.25, -0.2) is 0 Å². The van der Waals surface area contributed by atoms with E-state index in [9.17, 15) is 4.79 Å². The lowest BCUT2D eigenvalue weighted by molar-refractivity contribution is -0.103. The third-order valence-corrected chi connectivity index (χ3v) is 3.15. The van der Waals surface area contributed by atoms with Crippen LogP contribution in [-0.4, -0.2) is 12.9 Å². The first kappa shape index (κ1) is 16.3. The molecule has 0 bridgehead atoms. The maximum absolute atomic E-state index is 10.1. The van der Waals surface area contributed by atoms with Crippen molar-refractivity contribution in [1.82, 2.24) is 0 Å². The molecule has 0 heterocycles. The molecule has 1 aromatic carbocycles. The second kappa shape index (κ2) is 11.1. The van der Waals surface area contributed by atoms with Gasteiger partial charge in [0.1, 0.15) is 5.75 Å². The SMILES string of the molecule is CCCCCCCCCOc1ccc(C#CC=O)cc1. The molecule has 2 nitrogen and oxygen atoms in total. The molecule has 1 aromatic rings. The number of carbonyl (C=O) groups excluding carboxylic acids is 1. The van der Waals surface area contributed by atoms with Crippen molar-refractivity contribution in [3.63, 3.8) is 0 Å². The molecule has 0 N–H and O–H groups in total. The Kier molecular flexibility index (Phi) is 9.06.